The molecule has 7 nitrogen and oxygen atoms in total. The third-order valence-electron chi connectivity index (χ3n) is 4.41. The van der Waals surface area contributed by atoms with Crippen molar-refractivity contribution in [2.24, 2.45) is 0 Å². The summed E-state index contributed by atoms with van der Waals surface area (Å²) in [6.45, 7) is 3.23. The van der Waals surface area contributed by atoms with Gasteiger partial charge in [-0.25, -0.2) is 4.68 Å². The lowest BCUT2D eigenvalue weighted by Gasteiger charge is -2.40. The molecule has 1 saturated heterocycles. The highest BCUT2D eigenvalue weighted by Gasteiger charge is 2.38. The van der Waals surface area contributed by atoms with Crippen LogP contribution in [0.25, 0.3) is 0 Å². The molecule has 0 bridgehead atoms. The van der Waals surface area contributed by atoms with Gasteiger partial charge in [-0.05, 0) is 19.4 Å². The molecule has 0 spiro atoms. The normalized spacial score (nSPS) is 23.3. The van der Waals surface area contributed by atoms with Crippen LogP contribution >= 0.6 is 11.3 Å². The topological polar surface area (TPSA) is 77.3 Å². The quantitative estimate of drug-likeness (QED) is 0.780. The minimum Gasteiger partial charge on any atom is -0.370 e. The summed E-state index contributed by atoms with van der Waals surface area (Å²) < 4.78 is 7.73. The van der Waals surface area contributed by atoms with E-state index in [1.807, 2.05) is 9.58 Å². The molecule has 2 aliphatic heterocycles. The van der Waals surface area contributed by atoms with Gasteiger partial charge in [-0.3, -0.25) is 9.59 Å². The van der Waals surface area contributed by atoms with Crippen LogP contribution in [0.15, 0.2) is 17.6 Å². The number of amides is 1. The first-order valence-corrected chi connectivity index (χ1v) is 8.41. The van der Waals surface area contributed by atoms with Crippen molar-refractivity contribution in [1.29, 1.82) is 0 Å². The van der Waals surface area contributed by atoms with Crippen LogP contribution in [0.4, 0.5) is 0 Å². The number of fused-ring (bicyclic) bond motifs is 3. The summed E-state index contributed by atoms with van der Waals surface area (Å²) >= 11 is 1.31. The fourth-order valence-corrected chi connectivity index (χ4v) is 3.96. The molecule has 0 unspecified atom stereocenters. The summed E-state index contributed by atoms with van der Waals surface area (Å²) in [5.41, 5.74) is 1.52. The molecule has 4 heterocycles. The van der Waals surface area contributed by atoms with E-state index < -0.39 is 0 Å². The number of ether oxygens (including phenoxy) is 1. The van der Waals surface area contributed by atoms with E-state index in [1.54, 1.807) is 17.6 Å². The third kappa shape index (κ3) is 2.47. The molecule has 1 amide bonds. The van der Waals surface area contributed by atoms with Crippen LogP contribution < -0.4 is 0 Å². The lowest BCUT2D eigenvalue weighted by molar-refractivity contribution is -0.0605. The minimum atomic E-state index is -0.0422. The number of carbonyl (C=O) groups excluding carboxylic acids is 2. The van der Waals surface area contributed by atoms with Gasteiger partial charge in [-0.1, -0.05) is 5.21 Å². The van der Waals surface area contributed by atoms with Crippen molar-refractivity contribution in [2.75, 3.05) is 13.1 Å². The zero-order valence-corrected chi connectivity index (χ0v) is 13.5. The molecule has 23 heavy (non-hydrogen) atoms. The molecule has 120 valence electrons. The molecule has 2 aromatic heterocycles. The van der Waals surface area contributed by atoms with E-state index in [9.17, 15) is 9.59 Å². The van der Waals surface area contributed by atoms with Gasteiger partial charge in [0, 0.05) is 18.5 Å². The second kappa shape index (κ2) is 5.54. The van der Waals surface area contributed by atoms with Crippen LogP contribution in [0.2, 0.25) is 0 Å². The second-order valence-electron chi connectivity index (χ2n) is 5.88. The average Bonchev–Trinajstić information content (AvgIpc) is 3.22. The molecule has 8 heteroatoms. The van der Waals surface area contributed by atoms with Gasteiger partial charge in [0.25, 0.3) is 5.91 Å². The van der Waals surface area contributed by atoms with E-state index >= 15 is 0 Å². The zero-order chi connectivity index (χ0) is 16.0. The minimum absolute atomic E-state index is 0.00450. The maximum atomic E-state index is 12.7. The van der Waals surface area contributed by atoms with Crippen molar-refractivity contribution in [3.05, 3.63) is 33.8 Å². The molecule has 0 aliphatic carbocycles. The van der Waals surface area contributed by atoms with Crippen LogP contribution in [-0.4, -0.2) is 50.8 Å². The Bertz CT molecular complexity index is 768. The maximum Gasteiger partial charge on any atom is 0.254 e. The van der Waals surface area contributed by atoms with Gasteiger partial charge >= 0.3 is 0 Å². The van der Waals surface area contributed by atoms with Gasteiger partial charge in [-0.2, -0.15) is 0 Å². The molecule has 2 atom stereocenters. The number of nitrogens with zero attached hydrogens (tertiary/aromatic N) is 4. The van der Waals surface area contributed by atoms with Gasteiger partial charge in [0.15, 0.2) is 5.78 Å². The Balaban J connectivity index is 1.55. The van der Waals surface area contributed by atoms with Crippen LogP contribution in [0.1, 0.15) is 45.1 Å². The lowest BCUT2D eigenvalue weighted by atomic mass is 10.00. The van der Waals surface area contributed by atoms with Crippen molar-refractivity contribution in [3.63, 3.8) is 0 Å². The first kappa shape index (κ1) is 14.5. The number of Topliss-reactive ketones (excluding diaryl/α,β-unsaturated/α-hetero) is 1. The Morgan fingerprint density at radius 1 is 1.43 bits per heavy atom. The predicted molar refractivity (Wildman–Crippen MR) is 82.5 cm³/mol. The Morgan fingerprint density at radius 2 is 2.30 bits per heavy atom. The fraction of sp³-hybridized carbons (Fsp3) is 0.467. The number of thiophene rings is 1. The smallest absolute Gasteiger partial charge is 0.254 e. The number of hydrogen-bond donors (Lipinski definition) is 0. The van der Waals surface area contributed by atoms with Gasteiger partial charge in [-0.15, -0.1) is 16.4 Å². The number of likely N-dealkylation sites (tertiary alicyclic amines) is 1. The van der Waals surface area contributed by atoms with E-state index in [2.05, 4.69) is 10.3 Å². The Kier molecular flexibility index (Phi) is 3.50. The SMILES string of the molecule is CC(=O)c1cc(C(=O)N2CC[C@@H]3OCc4cnnn4[C@@H]3C2)cs1. The number of ketones is 1. The number of rotatable bonds is 2. The number of piperidine rings is 1. The van der Waals surface area contributed by atoms with Crippen molar-refractivity contribution in [1.82, 2.24) is 19.9 Å². The summed E-state index contributed by atoms with van der Waals surface area (Å²) in [6.07, 6.45) is 2.55. The maximum absolute atomic E-state index is 12.7. The molecule has 0 N–H and O–H groups in total. The predicted octanol–water partition coefficient (Wildman–Crippen LogP) is 1.53. The molecule has 4 rings (SSSR count). The van der Waals surface area contributed by atoms with Crippen LogP contribution in [0.5, 0.6) is 0 Å². The highest BCUT2D eigenvalue weighted by Crippen LogP contribution is 2.31. The summed E-state index contributed by atoms with van der Waals surface area (Å²) in [7, 11) is 0. The van der Waals surface area contributed by atoms with E-state index in [0.29, 0.717) is 30.1 Å². The van der Waals surface area contributed by atoms with E-state index in [-0.39, 0.29) is 23.8 Å². The monoisotopic (exact) mass is 332 g/mol. The fourth-order valence-electron chi connectivity index (χ4n) is 3.18. The zero-order valence-electron chi connectivity index (χ0n) is 12.6. The molecular weight excluding hydrogens is 316 g/mol. The molecule has 0 radical (unpaired) electrons. The first-order valence-electron chi connectivity index (χ1n) is 7.53. The van der Waals surface area contributed by atoms with Gasteiger partial charge in [0.2, 0.25) is 0 Å². The lowest BCUT2D eigenvalue weighted by Crippen LogP contribution is -2.49. The molecule has 0 aromatic carbocycles. The highest BCUT2D eigenvalue weighted by molar-refractivity contribution is 7.12. The van der Waals surface area contributed by atoms with Crippen molar-refractivity contribution in [2.45, 2.75) is 32.1 Å². The molecule has 2 aromatic rings. The number of hydrogen-bond acceptors (Lipinski definition) is 6. The molecule has 0 saturated carbocycles. The summed E-state index contributed by atoms with van der Waals surface area (Å²) in [5, 5.41) is 9.83. The summed E-state index contributed by atoms with van der Waals surface area (Å²) in [4.78, 5) is 26.5. The highest BCUT2D eigenvalue weighted by atomic mass is 32.1. The Hall–Kier alpha value is -2.06. The third-order valence-corrected chi connectivity index (χ3v) is 5.44. The second-order valence-corrected chi connectivity index (χ2v) is 6.79. The standard InChI is InChI=1S/C15H16N4O3S/c1-9(20)14-4-10(8-23-14)15(21)18-3-2-13-12(6-18)19-11(7-22-13)5-16-17-19/h4-5,8,12-13H,2-3,6-7H2,1H3/t12-,13+/m1/s1. The average molecular weight is 332 g/mol. The largest absolute Gasteiger partial charge is 0.370 e. The van der Waals surface area contributed by atoms with Crippen molar-refractivity contribution < 1.29 is 14.3 Å². The van der Waals surface area contributed by atoms with Crippen LogP contribution in [0.3, 0.4) is 0 Å². The van der Waals surface area contributed by atoms with Crippen molar-refractivity contribution in [3.8, 4) is 0 Å². The number of aromatic nitrogens is 3. The van der Waals surface area contributed by atoms with Gasteiger partial charge in [0.05, 0.1) is 41.1 Å². The van der Waals surface area contributed by atoms with E-state index in [0.717, 1.165) is 12.1 Å². The Labute approximate surface area is 136 Å². The summed E-state index contributed by atoms with van der Waals surface area (Å²) in [5.74, 6) is -0.0554. The van der Waals surface area contributed by atoms with Gasteiger partial charge in [0.1, 0.15) is 0 Å². The molecule has 1 fully saturated rings. The number of carbonyl (C=O) groups is 2. The van der Waals surface area contributed by atoms with E-state index in [4.69, 9.17) is 4.74 Å². The Morgan fingerprint density at radius 3 is 3.09 bits per heavy atom. The van der Waals surface area contributed by atoms with E-state index in [1.165, 1.54) is 18.3 Å². The first-order chi connectivity index (χ1) is 11.1. The summed E-state index contributed by atoms with van der Waals surface area (Å²) in [6, 6.07) is 1.68. The van der Waals surface area contributed by atoms with Crippen LogP contribution in [0, 0.1) is 0 Å². The van der Waals surface area contributed by atoms with Crippen molar-refractivity contribution >= 4 is 23.0 Å². The molecular formula is C15H16N4O3S. The van der Waals surface area contributed by atoms with Crippen LogP contribution in [-0.2, 0) is 11.3 Å². The van der Waals surface area contributed by atoms with Gasteiger partial charge < -0.3 is 9.64 Å². The molecule has 2 aliphatic rings.